The van der Waals surface area contributed by atoms with Crippen molar-refractivity contribution >= 4 is 21.6 Å². The van der Waals surface area contributed by atoms with E-state index in [0.717, 1.165) is 18.7 Å². The molecule has 1 N–H and O–H groups in total. The highest BCUT2D eigenvalue weighted by molar-refractivity contribution is 7.89. The van der Waals surface area contributed by atoms with Gasteiger partial charge in [0, 0.05) is 17.6 Å². The Bertz CT molecular complexity index is 632. The highest BCUT2D eigenvalue weighted by Crippen LogP contribution is 2.37. The highest BCUT2D eigenvalue weighted by atomic mass is 35.5. The van der Waals surface area contributed by atoms with Gasteiger partial charge in [-0.05, 0) is 56.5 Å². The molecule has 2 aliphatic rings. The van der Waals surface area contributed by atoms with Crippen molar-refractivity contribution in [3.8, 4) is 0 Å². The summed E-state index contributed by atoms with van der Waals surface area (Å²) in [5.74, 6) is 0.850. The summed E-state index contributed by atoms with van der Waals surface area (Å²) in [6.45, 7) is 6.25. The molecule has 0 saturated carbocycles. The van der Waals surface area contributed by atoms with Crippen LogP contribution in [0, 0.1) is 18.8 Å². The van der Waals surface area contributed by atoms with E-state index in [9.17, 15) is 8.42 Å². The lowest BCUT2D eigenvalue weighted by Crippen LogP contribution is -2.38. The first-order chi connectivity index (χ1) is 9.41. The van der Waals surface area contributed by atoms with Crippen LogP contribution in [0.15, 0.2) is 23.1 Å². The lowest BCUT2D eigenvalue weighted by Gasteiger charge is -2.24. The molecule has 0 bridgehead atoms. The Balaban J connectivity index is 1.98. The topological polar surface area (TPSA) is 49.4 Å². The molecule has 3 unspecified atom stereocenters. The molecule has 4 nitrogen and oxygen atoms in total. The van der Waals surface area contributed by atoms with Crippen LogP contribution in [0.1, 0.15) is 12.5 Å². The molecule has 3 atom stereocenters. The normalized spacial score (nSPS) is 30.6. The van der Waals surface area contributed by atoms with Gasteiger partial charge >= 0.3 is 0 Å². The molecular weight excluding hydrogens is 296 g/mol. The molecule has 0 spiro atoms. The Hall–Kier alpha value is -0.620. The third-order valence-electron chi connectivity index (χ3n) is 4.62. The zero-order valence-electron chi connectivity index (χ0n) is 11.6. The average Bonchev–Trinajstić information content (AvgIpc) is 2.96. The lowest BCUT2D eigenvalue weighted by molar-refractivity contribution is 0.360. The third kappa shape index (κ3) is 2.17. The predicted octanol–water partition coefficient (Wildman–Crippen LogP) is 1.88. The van der Waals surface area contributed by atoms with Crippen LogP contribution in [0.2, 0.25) is 5.02 Å². The van der Waals surface area contributed by atoms with Crippen LogP contribution in [-0.4, -0.2) is 38.4 Å². The fourth-order valence-corrected chi connectivity index (χ4v) is 5.65. The summed E-state index contributed by atoms with van der Waals surface area (Å²) in [7, 11) is -3.46. The van der Waals surface area contributed by atoms with Crippen molar-refractivity contribution < 1.29 is 8.42 Å². The van der Waals surface area contributed by atoms with Gasteiger partial charge in [-0.25, -0.2) is 8.42 Å². The number of sulfonamides is 1. The van der Waals surface area contributed by atoms with Crippen LogP contribution >= 0.6 is 11.6 Å². The van der Waals surface area contributed by atoms with Crippen molar-refractivity contribution in [2.75, 3.05) is 19.6 Å². The number of hydrogen-bond acceptors (Lipinski definition) is 3. The van der Waals surface area contributed by atoms with E-state index in [-0.39, 0.29) is 6.04 Å². The van der Waals surface area contributed by atoms with Crippen molar-refractivity contribution in [3.05, 3.63) is 28.8 Å². The molecular formula is C14H19ClN2O2S. The van der Waals surface area contributed by atoms with Crippen molar-refractivity contribution in [2.24, 2.45) is 11.8 Å². The van der Waals surface area contributed by atoms with Crippen LogP contribution in [-0.2, 0) is 10.0 Å². The Morgan fingerprint density at radius 3 is 2.80 bits per heavy atom. The van der Waals surface area contributed by atoms with Crippen LogP contribution < -0.4 is 5.32 Å². The van der Waals surface area contributed by atoms with E-state index in [1.807, 2.05) is 13.8 Å². The van der Waals surface area contributed by atoms with E-state index < -0.39 is 10.0 Å². The smallest absolute Gasteiger partial charge is 0.243 e. The fraction of sp³-hybridized carbons (Fsp3) is 0.571. The van der Waals surface area contributed by atoms with Crippen LogP contribution in [0.3, 0.4) is 0 Å². The van der Waals surface area contributed by atoms with Gasteiger partial charge in [0.2, 0.25) is 10.0 Å². The maximum absolute atomic E-state index is 12.9. The number of hydrogen-bond donors (Lipinski definition) is 1. The Morgan fingerprint density at radius 1 is 1.35 bits per heavy atom. The van der Waals surface area contributed by atoms with E-state index in [1.54, 1.807) is 22.5 Å². The summed E-state index contributed by atoms with van der Waals surface area (Å²) in [4.78, 5) is 0.338. The molecule has 0 aliphatic carbocycles. The zero-order chi connectivity index (χ0) is 14.5. The molecule has 2 fully saturated rings. The van der Waals surface area contributed by atoms with E-state index in [0.29, 0.717) is 28.3 Å². The van der Waals surface area contributed by atoms with Gasteiger partial charge < -0.3 is 5.32 Å². The predicted molar refractivity (Wildman–Crippen MR) is 79.4 cm³/mol. The lowest BCUT2D eigenvalue weighted by atomic mass is 9.95. The van der Waals surface area contributed by atoms with E-state index in [4.69, 9.17) is 11.6 Å². The fourth-order valence-electron chi connectivity index (χ4n) is 3.42. The van der Waals surface area contributed by atoms with Crippen molar-refractivity contribution in [2.45, 2.75) is 24.8 Å². The summed E-state index contributed by atoms with van der Waals surface area (Å²) in [5, 5.41) is 3.81. The first-order valence-electron chi connectivity index (χ1n) is 6.90. The summed E-state index contributed by atoms with van der Waals surface area (Å²) < 4.78 is 27.4. The molecule has 3 rings (SSSR count). The quantitative estimate of drug-likeness (QED) is 0.906. The number of aryl methyl sites for hydroxylation is 1. The number of fused-ring (bicyclic) bond motifs is 1. The summed E-state index contributed by atoms with van der Waals surface area (Å²) >= 11 is 5.97. The van der Waals surface area contributed by atoms with Gasteiger partial charge in [0.15, 0.2) is 0 Å². The largest absolute Gasteiger partial charge is 0.316 e. The number of rotatable bonds is 2. The number of nitrogens with zero attached hydrogens (tertiary/aromatic N) is 1. The van der Waals surface area contributed by atoms with E-state index >= 15 is 0 Å². The van der Waals surface area contributed by atoms with Crippen LogP contribution in [0.5, 0.6) is 0 Å². The Morgan fingerprint density at radius 2 is 2.10 bits per heavy atom. The summed E-state index contributed by atoms with van der Waals surface area (Å²) in [6.07, 6.45) is 0. The Kier molecular flexibility index (Phi) is 3.57. The van der Waals surface area contributed by atoms with Gasteiger partial charge in [0.25, 0.3) is 0 Å². The number of benzene rings is 1. The second-order valence-electron chi connectivity index (χ2n) is 5.81. The van der Waals surface area contributed by atoms with Crippen molar-refractivity contribution in [1.29, 1.82) is 0 Å². The van der Waals surface area contributed by atoms with Gasteiger partial charge in [-0.3, -0.25) is 0 Å². The molecule has 0 radical (unpaired) electrons. The van der Waals surface area contributed by atoms with Gasteiger partial charge in [-0.15, -0.1) is 0 Å². The van der Waals surface area contributed by atoms with Gasteiger partial charge in [-0.1, -0.05) is 17.7 Å². The molecule has 2 saturated heterocycles. The number of halogens is 1. The highest BCUT2D eigenvalue weighted by Gasteiger charge is 2.47. The van der Waals surface area contributed by atoms with Crippen LogP contribution in [0.25, 0.3) is 0 Å². The summed E-state index contributed by atoms with van der Waals surface area (Å²) in [6, 6.07) is 5.09. The molecule has 1 aromatic carbocycles. The summed E-state index contributed by atoms with van der Waals surface area (Å²) in [5.41, 5.74) is 0.747. The molecule has 1 aromatic rings. The first-order valence-corrected chi connectivity index (χ1v) is 8.72. The molecule has 0 aromatic heterocycles. The molecule has 2 heterocycles. The second-order valence-corrected chi connectivity index (χ2v) is 8.10. The number of nitrogens with one attached hydrogen (secondary N) is 1. The van der Waals surface area contributed by atoms with Crippen molar-refractivity contribution in [3.63, 3.8) is 0 Å². The van der Waals surface area contributed by atoms with Gasteiger partial charge in [0.05, 0.1) is 4.90 Å². The minimum atomic E-state index is -3.46. The standard InChI is InChI=1S/C14H19ClN2O2S/c1-9-3-4-12(15)5-14(9)20(18,19)17-8-11-6-16-7-13(11)10(17)2/h3-5,10-11,13,16H,6-8H2,1-2H3. The molecule has 6 heteroatoms. The minimum absolute atomic E-state index is 0.0402. The molecule has 0 amide bonds. The van der Waals surface area contributed by atoms with Crippen molar-refractivity contribution in [1.82, 2.24) is 9.62 Å². The molecule has 20 heavy (non-hydrogen) atoms. The molecule has 2 aliphatic heterocycles. The van der Waals surface area contributed by atoms with Gasteiger partial charge in [-0.2, -0.15) is 4.31 Å². The molecule has 110 valence electrons. The maximum atomic E-state index is 12.9. The third-order valence-corrected chi connectivity index (χ3v) is 6.95. The SMILES string of the molecule is Cc1ccc(Cl)cc1S(=O)(=O)N1CC2CNCC2C1C. The van der Waals surface area contributed by atoms with Crippen LogP contribution in [0.4, 0.5) is 0 Å². The minimum Gasteiger partial charge on any atom is -0.316 e. The van der Waals surface area contributed by atoms with E-state index in [2.05, 4.69) is 5.32 Å². The Labute approximate surface area is 125 Å². The van der Waals surface area contributed by atoms with Gasteiger partial charge in [0.1, 0.15) is 0 Å². The average molecular weight is 315 g/mol. The first kappa shape index (κ1) is 14.3. The maximum Gasteiger partial charge on any atom is 0.243 e. The second kappa shape index (κ2) is 4.98. The zero-order valence-corrected chi connectivity index (χ0v) is 13.2. The monoisotopic (exact) mass is 314 g/mol. The van der Waals surface area contributed by atoms with E-state index in [1.165, 1.54) is 0 Å².